The van der Waals surface area contributed by atoms with Crippen LogP contribution in [0.15, 0.2) is 18.2 Å². The number of carbonyl (C=O) groups excluding carboxylic acids is 1. The summed E-state index contributed by atoms with van der Waals surface area (Å²) >= 11 is 0. The van der Waals surface area contributed by atoms with E-state index in [9.17, 15) is 4.79 Å². The average molecular weight is 243 g/mol. The molecule has 0 aromatic heterocycles. The molecule has 1 aliphatic heterocycles. The van der Waals surface area contributed by atoms with Gasteiger partial charge in [0.2, 0.25) is 5.91 Å². The minimum atomic E-state index is 0.0482. The predicted octanol–water partition coefficient (Wildman–Crippen LogP) is 1.25. The van der Waals surface area contributed by atoms with Crippen molar-refractivity contribution in [3.05, 3.63) is 29.3 Å². The summed E-state index contributed by atoms with van der Waals surface area (Å²) < 4.78 is 0. The lowest BCUT2D eigenvalue weighted by Gasteiger charge is -2.27. The van der Waals surface area contributed by atoms with Gasteiger partial charge >= 0.3 is 0 Å². The normalized spacial score (nSPS) is 14.2. The summed E-state index contributed by atoms with van der Waals surface area (Å²) in [6.07, 6.45) is 2.27. The van der Waals surface area contributed by atoms with Crippen LogP contribution >= 0.6 is 0 Å². The molecule has 1 aromatic carbocycles. The molecule has 0 spiro atoms. The zero-order valence-corrected chi connectivity index (χ0v) is 10.6. The van der Waals surface area contributed by atoms with Crippen molar-refractivity contribution in [3.63, 3.8) is 0 Å². The maximum atomic E-state index is 11.8. The van der Waals surface area contributed by atoms with Gasteiger partial charge in [-0.05, 0) is 43.6 Å². The summed E-state index contributed by atoms with van der Waals surface area (Å²) in [6.45, 7) is 1.08. The van der Waals surface area contributed by atoms with Crippen molar-refractivity contribution in [2.24, 2.45) is 0 Å². The number of hydrogen-bond donors (Lipinski definition) is 1. The van der Waals surface area contributed by atoms with Gasteiger partial charge in [0, 0.05) is 12.1 Å². The number of hydrogen-bond acceptors (Lipinski definition) is 3. The predicted molar refractivity (Wildman–Crippen MR) is 70.4 cm³/mol. The van der Waals surface area contributed by atoms with Crippen molar-refractivity contribution in [2.75, 3.05) is 25.0 Å². The fourth-order valence-corrected chi connectivity index (χ4v) is 2.28. The molecule has 0 atom stereocenters. The largest absolute Gasteiger partial charge is 0.319 e. The zero-order chi connectivity index (χ0) is 13.0. The first-order valence-corrected chi connectivity index (χ1v) is 6.20. The molecule has 0 bridgehead atoms. The Hall–Kier alpha value is -1.86. The fraction of sp³-hybridized carbons (Fsp3) is 0.429. The smallest absolute Gasteiger partial charge is 0.228 e. The number of rotatable bonds is 4. The molecule has 18 heavy (non-hydrogen) atoms. The second-order valence-corrected chi connectivity index (χ2v) is 4.45. The lowest BCUT2D eigenvalue weighted by Crippen LogP contribution is -2.35. The number of fused-ring (bicyclic) bond motifs is 1. The number of anilines is 1. The van der Waals surface area contributed by atoms with E-state index in [2.05, 4.69) is 17.5 Å². The van der Waals surface area contributed by atoms with Crippen LogP contribution in [-0.4, -0.2) is 26.0 Å². The van der Waals surface area contributed by atoms with E-state index in [0.717, 1.165) is 25.1 Å². The van der Waals surface area contributed by atoms with E-state index >= 15 is 0 Å². The second kappa shape index (κ2) is 5.65. The molecule has 4 heteroatoms. The van der Waals surface area contributed by atoms with Crippen LogP contribution in [-0.2, 0) is 17.6 Å². The standard InChI is InChI=1S/C14H17N3O/c1-16-8-6-11-2-4-13-12(10-11)3-5-14(18)17(13)9-7-15/h2,4,10,16H,3,5-6,8-9H2,1H3. The van der Waals surface area contributed by atoms with Crippen molar-refractivity contribution in [1.82, 2.24) is 5.32 Å². The Bertz CT molecular complexity index is 490. The third kappa shape index (κ3) is 2.52. The maximum absolute atomic E-state index is 11.8. The molecule has 94 valence electrons. The summed E-state index contributed by atoms with van der Waals surface area (Å²) in [7, 11) is 1.94. The third-order valence-electron chi connectivity index (χ3n) is 3.24. The number of likely N-dealkylation sites (N-methyl/N-ethyl adjacent to an activating group) is 1. The minimum Gasteiger partial charge on any atom is -0.319 e. The molecule has 2 rings (SSSR count). The number of aryl methyl sites for hydroxylation is 1. The Morgan fingerprint density at radius 3 is 3.00 bits per heavy atom. The number of nitriles is 1. The summed E-state index contributed by atoms with van der Waals surface area (Å²) in [4.78, 5) is 13.4. The summed E-state index contributed by atoms with van der Waals surface area (Å²) in [6, 6.07) is 8.22. The van der Waals surface area contributed by atoms with Gasteiger partial charge in [-0.15, -0.1) is 0 Å². The van der Waals surface area contributed by atoms with E-state index in [0.29, 0.717) is 6.42 Å². The fourth-order valence-electron chi connectivity index (χ4n) is 2.28. The molecule has 0 saturated carbocycles. The van der Waals surface area contributed by atoms with E-state index in [-0.39, 0.29) is 12.5 Å². The molecule has 0 radical (unpaired) electrons. The molecule has 1 amide bonds. The zero-order valence-electron chi connectivity index (χ0n) is 10.6. The van der Waals surface area contributed by atoms with Crippen LogP contribution in [0, 0.1) is 11.3 Å². The minimum absolute atomic E-state index is 0.0482. The van der Waals surface area contributed by atoms with Crippen molar-refractivity contribution in [3.8, 4) is 6.07 Å². The first kappa shape index (κ1) is 12.6. The molecule has 0 unspecified atom stereocenters. The SMILES string of the molecule is CNCCc1ccc2c(c1)CCC(=O)N2CC#N. The van der Waals surface area contributed by atoms with Crippen molar-refractivity contribution in [1.29, 1.82) is 5.26 Å². The molecule has 1 heterocycles. The number of nitrogens with zero attached hydrogens (tertiary/aromatic N) is 2. The highest BCUT2D eigenvalue weighted by Crippen LogP contribution is 2.28. The van der Waals surface area contributed by atoms with Gasteiger partial charge in [0.1, 0.15) is 6.54 Å². The Labute approximate surface area is 107 Å². The lowest BCUT2D eigenvalue weighted by molar-refractivity contribution is -0.118. The van der Waals surface area contributed by atoms with Crippen LogP contribution < -0.4 is 10.2 Å². The Kier molecular flexibility index (Phi) is 3.96. The van der Waals surface area contributed by atoms with Gasteiger partial charge in [-0.2, -0.15) is 5.26 Å². The van der Waals surface area contributed by atoms with Crippen LogP contribution in [0.3, 0.4) is 0 Å². The molecule has 1 aromatic rings. The van der Waals surface area contributed by atoms with Gasteiger partial charge in [0.25, 0.3) is 0 Å². The van der Waals surface area contributed by atoms with E-state index in [1.54, 1.807) is 4.90 Å². The second-order valence-electron chi connectivity index (χ2n) is 4.45. The van der Waals surface area contributed by atoms with Gasteiger partial charge in [0.05, 0.1) is 6.07 Å². The summed E-state index contributed by atoms with van der Waals surface area (Å²) in [5, 5.41) is 11.9. The van der Waals surface area contributed by atoms with E-state index in [4.69, 9.17) is 5.26 Å². The van der Waals surface area contributed by atoms with Gasteiger partial charge in [-0.25, -0.2) is 0 Å². The van der Waals surface area contributed by atoms with E-state index in [1.807, 2.05) is 19.2 Å². The Morgan fingerprint density at radius 2 is 2.28 bits per heavy atom. The van der Waals surface area contributed by atoms with E-state index in [1.165, 1.54) is 11.1 Å². The molecular formula is C14H17N3O. The van der Waals surface area contributed by atoms with Gasteiger partial charge in [0.15, 0.2) is 0 Å². The van der Waals surface area contributed by atoms with Gasteiger partial charge in [-0.1, -0.05) is 12.1 Å². The number of carbonyl (C=O) groups is 1. The quantitative estimate of drug-likeness (QED) is 0.810. The molecule has 1 aliphatic rings. The highest BCUT2D eigenvalue weighted by atomic mass is 16.2. The molecule has 1 N–H and O–H groups in total. The van der Waals surface area contributed by atoms with Crippen LogP contribution in [0.2, 0.25) is 0 Å². The molecular weight excluding hydrogens is 226 g/mol. The van der Waals surface area contributed by atoms with Crippen LogP contribution in [0.5, 0.6) is 0 Å². The van der Waals surface area contributed by atoms with Crippen molar-refractivity contribution < 1.29 is 4.79 Å². The highest BCUT2D eigenvalue weighted by molar-refractivity contribution is 5.96. The maximum Gasteiger partial charge on any atom is 0.228 e. The third-order valence-corrected chi connectivity index (χ3v) is 3.24. The summed E-state index contributed by atoms with van der Waals surface area (Å²) in [5.74, 6) is 0.0482. The van der Waals surface area contributed by atoms with Gasteiger partial charge in [-0.3, -0.25) is 9.69 Å². The number of nitrogens with one attached hydrogen (secondary N) is 1. The number of benzene rings is 1. The first-order chi connectivity index (χ1) is 8.76. The average Bonchev–Trinajstić information content (AvgIpc) is 2.39. The van der Waals surface area contributed by atoms with Crippen LogP contribution in [0.4, 0.5) is 5.69 Å². The van der Waals surface area contributed by atoms with Crippen molar-refractivity contribution >= 4 is 11.6 Å². The van der Waals surface area contributed by atoms with Crippen LogP contribution in [0.1, 0.15) is 17.5 Å². The highest BCUT2D eigenvalue weighted by Gasteiger charge is 2.23. The topological polar surface area (TPSA) is 56.1 Å². The molecule has 4 nitrogen and oxygen atoms in total. The Balaban J connectivity index is 2.26. The number of amides is 1. The first-order valence-electron chi connectivity index (χ1n) is 6.20. The Morgan fingerprint density at radius 1 is 1.44 bits per heavy atom. The molecule has 0 saturated heterocycles. The molecule has 0 aliphatic carbocycles. The lowest BCUT2D eigenvalue weighted by atomic mass is 9.97. The van der Waals surface area contributed by atoms with E-state index < -0.39 is 0 Å². The summed E-state index contributed by atoms with van der Waals surface area (Å²) in [5.41, 5.74) is 3.36. The monoisotopic (exact) mass is 243 g/mol. The molecule has 0 fully saturated rings. The van der Waals surface area contributed by atoms with Crippen LogP contribution in [0.25, 0.3) is 0 Å². The van der Waals surface area contributed by atoms with Crippen molar-refractivity contribution in [2.45, 2.75) is 19.3 Å². The van der Waals surface area contributed by atoms with Gasteiger partial charge < -0.3 is 5.32 Å².